The van der Waals surface area contributed by atoms with E-state index < -0.39 is 0 Å². The van der Waals surface area contributed by atoms with Crippen molar-refractivity contribution in [2.45, 2.75) is 0 Å². The topological polar surface area (TPSA) is 37.0 Å². The Labute approximate surface area is 119 Å². The lowest BCUT2D eigenvalue weighted by Gasteiger charge is -2.09. The number of pyridine rings is 1. The number of hydrogen-bond donors (Lipinski definition) is 2. The standard InChI is InChI=1S/C12H11ClIN3/c1-15-11-3-2-4-12(17-11)16-10-6-5-8(14)7-9(10)13/h2-7H,1H3,(H2,15,16,17). The minimum atomic E-state index is 0.688. The van der Waals surface area contributed by atoms with Gasteiger partial charge in [-0.05, 0) is 52.9 Å². The molecule has 0 amide bonds. The molecule has 0 atom stereocenters. The average molecular weight is 360 g/mol. The number of halogens is 2. The van der Waals surface area contributed by atoms with E-state index in [9.17, 15) is 0 Å². The summed E-state index contributed by atoms with van der Waals surface area (Å²) in [6, 6.07) is 11.6. The second-order valence-electron chi connectivity index (χ2n) is 3.41. The maximum Gasteiger partial charge on any atom is 0.132 e. The second-order valence-corrected chi connectivity index (χ2v) is 5.06. The van der Waals surface area contributed by atoms with Crippen LogP contribution in [0.15, 0.2) is 36.4 Å². The van der Waals surface area contributed by atoms with Gasteiger partial charge in [-0.15, -0.1) is 0 Å². The van der Waals surface area contributed by atoms with Crippen LogP contribution in [0.3, 0.4) is 0 Å². The van der Waals surface area contributed by atoms with Gasteiger partial charge in [-0.25, -0.2) is 4.98 Å². The molecule has 0 spiro atoms. The Bertz CT molecular complexity index is 531. The third-order valence-corrected chi connectivity index (χ3v) is 3.18. The summed E-state index contributed by atoms with van der Waals surface area (Å²) in [5.74, 6) is 1.58. The Morgan fingerprint density at radius 1 is 1.18 bits per heavy atom. The maximum atomic E-state index is 6.14. The summed E-state index contributed by atoms with van der Waals surface area (Å²) < 4.78 is 1.11. The molecule has 0 saturated carbocycles. The van der Waals surface area contributed by atoms with E-state index in [1.54, 1.807) is 0 Å². The van der Waals surface area contributed by atoms with Crippen molar-refractivity contribution >= 4 is 51.5 Å². The van der Waals surface area contributed by atoms with Crippen LogP contribution < -0.4 is 10.6 Å². The molecule has 0 radical (unpaired) electrons. The molecule has 0 unspecified atom stereocenters. The summed E-state index contributed by atoms with van der Waals surface area (Å²) in [7, 11) is 1.84. The van der Waals surface area contributed by atoms with Gasteiger partial charge in [0.05, 0.1) is 10.7 Å². The molecule has 1 aromatic carbocycles. The first-order chi connectivity index (χ1) is 8.19. The first-order valence-corrected chi connectivity index (χ1v) is 6.51. The van der Waals surface area contributed by atoms with Crippen LogP contribution in [-0.2, 0) is 0 Å². The monoisotopic (exact) mass is 359 g/mol. The Balaban J connectivity index is 2.25. The predicted molar refractivity (Wildman–Crippen MR) is 81.2 cm³/mol. The van der Waals surface area contributed by atoms with Crippen LogP contribution >= 0.6 is 34.2 Å². The molecule has 3 nitrogen and oxygen atoms in total. The van der Waals surface area contributed by atoms with Gasteiger partial charge < -0.3 is 10.6 Å². The first kappa shape index (κ1) is 12.4. The second kappa shape index (κ2) is 5.55. The van der Waals surface area contributed by atoms with Crippen LogP contribution in [0, 0.1) is 3.57 Å². The number of nitrogens with one attached hydrogen (secondary N) is 2. The SMILES string of the molecule is CNc1cccc(Nc2ccc(I)cc2Cl)n1. The zero-order valence-electron chi connectivity index (χ0n) is 9.17. The fourth-order valence-corrected chi connectivity index (χ4v) is 2.28. The van der Waals surface area contributed by atoms with Crippen molar-refractivity contribution in [3.05, 3.63) is 45.0 Å². The van der Waals surface area contributed by atoms with Crippen molar-refractivity contribution in [3.63, 3.8) is 0 Å². The van der Waals surface area contributed by atoms with Crippen molar-refractivity contribution < 1.29 is 0 Å². The van der Waals surface area contributed by atoms with Crippen molar-refractivity contribution in [3.8, 4) is 0 Å². The lowest BCUT2D eigenvalue weighted by Crippen LogP contribution is -1.97. The number of hydrogen-bond acceptors (Lipinski definition) is 3. The van der Waals surface area contributed by atoms with Gasteiger partial charge in [-0.3, -0.25) is 0 Å². The van der Waals surface area contributed by atoms with E-state index in [0.29, 0.717) is 5.02 Å². The van der Waals surface area contributed by atoms with E-state index >= 15 is 0 Å². The van der Waals surface area contributed by atoms with Crippen LogP contribution in [-0.4, -0.2) is 12.0 Å². The minimum absolute atomic E-state index is 0.688. The Morgan fingerprint density at radius 3 is 2.65 bits per heavy atom. The van der Waals surface area contributed by atoms with Crippen LogP contribution in [0.2, 0.25) is 5.02 Å². The van der Waals surface area contributed by atoms with Crippen LogP contribution in [0.25, 0.3) is 0 Å². The number of rotatable bonds is 3. The Kier molecular flexibility index (Phi) is 4.06. The van der Waals surface area contributed by atoms with Gasteiger partial charge in [0.25, 0.3) is 0 Å². The van der Waals surface area contributed by atoms with Gasteiger partial charge in [-0.2, -0.15) is 0 Å². The van der Waals surface area contributed by atoms with Crippen molar-refractivity contribution in [2.24, 2.45) is 0 Å². The number of anilines is 3. The van der Waals surface area contributed by atoms with E-state index in [2.05, 4.69) is 38.2 Å². The van der Waals surface area contributed by atoms with Gasteiger partial charge in [0, 0.05) is 10.6 Å². The zero-order valence-corrected chi connectivity index (χ0v) is 12.1. The quantitative estimate of drug-likeness (QED) is 0.809. The van der Waals surface area contributed by atoms with E-state index in [0.717, 1.165) is 20.9 Å². The van der Waals surface area contributed by atoms with Gasteiger partial charge in [0.15, 0.2) is 0 Å². The molecule has 0 fully saturated rings. The molecular formula is C12H11ClIN3. The normalized spacial score (nSPS) is 10.1. The summed E-state index contributed by atoms with van der Waals surface area (Å²) in [5, 5.41) is 6.87. The van der Waals surface area contributed by atoms with Crippen LogP contribution in [0.1, 0.15) is 0 Å². The van der Waals surface area contributed by atoms with E-state index in [1.165, 1.54) is 0 Å². The number of benzene rings is 1. The summed E-state index contributed by atoms with van der Waals surface area (Å²) in [6.45, 7) is 0. The van der Waals surface area contributed by atoms with Crippen molar-refractivity contribution in [1.82, 2.24) is 4.98 Å². The van der Waals surface area contributed by atoms with E-state index in [-0.39, 0.29) is 0 Å². The number of nitrogens with zero attached hydrogens (tertiary/aromatic N) is 1. The molecule has 0 bridgehead atoms. The van der Waals surface area contributed by atoms with E-state index in [1.807, 2.05) is 43.4 Å². The molecule has 88 valence electrons. The molecule has 0 aliphatic rings. The molecule has 1 aromatic heterocycles. The van der Waals surface area contributed by atoms with E-state index in [4.69, 9.17) is 11.6 Å². The molecule has 0 aliphatic carbocycles. The van der Waals surface area contributed by atoms with Gasteiger partial charge >= 0.3 is 0 Å². The molecule has 1 heterocycles. The first-order valence-electron chi connectivity index (χ1n) is 5.06. The summed E-state index contributed by atoms with van der Waals surface area (Å²) in [4.78, 5) is 4.37. The van der Waals surface area contributed by atoms with Crippen LogP contribution in [0.4, 0.5) is 17.3 Å². The van der Waals surface area contributed by atoms with Crippen molar-refractivity contribution in [2.75, 3.05) is 17.7 Å². The minimum Gasteiger partial charge on any atom is -0.373 e. The summed E-state index contributed by atoms with van der Waals surface area (Å²) in [6.07, 6.45) is 0. The maximum absolute atomic E-state index is 6.14. The van der Waals surface area contributed by atoms with Crippen molar-refractivity contribution in [1.29, 1.82) is 0 Å². The molecule has 2 aromatic rings. The summed E-state index contributed by atoms with van der Waals surface area (Å²) in [5.41, 5.74) is 0.854. The van der Waals surface area contributed by atoms with Gasteiger partial charge in [0.2, 0.25) is 0 Å². The molecule has 0 aliphatic heterocycles. The molecule has 0 saturated heterocycles. The molecule has 2 N–H and O–H groups in total. The third-order valence-electron chi connectivity index (χ3n) is 2.20. The highest BCUT2D eigenvalue weighted by Crippen LogP contribution is 2.26. The largest absolute Gasteiger partial charge is 0.373 e. The lowest BCUT2D eigenvalue weighted by molar-refractivity contribution is 1.28. The lowest BCUT2D eigenvalue weighted by atomic mass is 10.3. The highest BCUT2D eigenvalue weighted by atomic mass is 127. The average Bonchev–Trinajstić information content (AvgIpc) is 2.33. The van der Waals surface area contributed by atoms with Gasteiger partial charge in [-0.1, -0.05) is 17.7 Å². The zero-order chi connectivity index (χ0) is 12.3. The highest BCUT2D eigenvalue weighted by molar-refractivity contribution is 14.1. The fourth-order valence-electron chi connectivity index (χ4n) is 1.37. The fraction of sp³-hybridized carbons (Fsp3) is 0.0833. The smallest absolute Gasteiger partial charge is 0.132 e. The third kappa shape index (κ3) is 3.23. The molecular weight excluding hydrogens is 349 g/mol. The predicted octanol–water partition coefficient (Wildman–Crippen LogP) is 4.12. The summed E-state index contributed by atoms with van der Waals surface area (Å²) >= 11 is 8.37. The highest BCUT2D eigenvalue weighted by Gasteiger charge is 2.02. The Hall–Kier alpha value is -1.01. The number of aromatic nitrogens is 1. The molecule has 5 heteroatoms. The Morgan fingerprint density at radius 2 is 1.94 bits per heavy atom. The van der Waals surface area contributed by atoms with Gasteiger partial charge in [0.1, 0.15) is 11.6 Å². The molecule has 2 rings (SSSR count). The molecule has 17 heavy (non-hydrogen) atoms. The van der Waals surface area contributed by atoms with Crippen LogP contribution in [0.5, 0.6) is 0 Å².